The van der Waals surface area contributed by atoms with E-state index in [0.29, 0.717) is 6.42 Å². The molecule has 0 aliphatic rings. The van der Waals surface area contributed by atoms with Crippen LogP contribution in [0.4, 0.5) is 0 Å². The lowest BCUT2D eigenvalue weighted by atomic mass is 9.99. The van der Waals surface area contributed by atoms with E-state index in [1.54, 1.807) is 6.92 Å². The van der Waals surface area contributed by atoms with Crippen molar-refractivity contribution in [2.75, 3.05) is 5.88 Å². The normalized spacial score (nSPS) is 14.9. The Bertz CT molecular complexity index is 195. The molecule has 4 nitrogen and oxygen atoms in total. The first kappa shape index (κ1) is 11.2. The lowest BCUT2D eigenvalue weighted by molar-refractivity contribution is -0.146. The smallest absolute Gasteiger partial charge is 0.329 e. The average molecular weight is 194 g/mol. The average Bonchev–Trinajstić information content (AvgIpc) is 2.03. The minimum atomic E-state index is -1.20. The Kier molecular flexibility index (Phi) is 4.03. The van der Waals surface area contributed by atoms with Crippen molar-refractivity contribution in [3.05, 3.63) is 0 Å². The molecule has 2 N–H and O–H groups in total. The zero-order valence-corrected chi connectivity index (χ0v) is 7.81. The van der Waals surface area contributed by atoms with Crippen LogP contribution in [0.5, 0.6) is 0 Å². The summed E-state index contributed by atoms with van der Waals surface area (Å²) in [6.45, 7) is 3.13. The summed E-state index contributed by atoms with van der Waals surface area (Å²) >= 11 is 5.21. The third kappa shape index (κ3) is 2.70. The van der Waals surface area contributed by atoms with Gasteiger partial charge in [-0.2, -0.15) is 0 Å². The number of nitrogens with one attached hydrogen (secondary N) is 1. The highest BCUT2D eigenvalue weighted by Gasteiger charge is 2.32. The minimum absolute atomic E-state index is 0.219. The van der Waals surface area contributed by atoms with Crippen LogP contribution in [-0.4, -0.2) is 28.4 Å². The topological polar surface area (TPSA) is 66.4 Å². The number of carboxylic acids is 1. The second kappa shape index (κ2) is 4.30. The van der Waals surface area contributed by atoms with Crippen LogP contribution in [0.2, 0.25) is 0 Å². The van der Waals surface area contributed by atoms with E-state index in [1.807, 2.05) is 0 Å². The van der Waals surface area contributed by atoms with Gasteiger partial charge in [0.1, 0.15) is 11.4 Å². The van der Waals surface area contributed by atoms with Gasteiger partial charge in [-0.25, -0.2) is 4.79 Å². The minimum Gasteiger partial charge on any atom is -0.480 e. The van der Waals surface area contributed by atoms with Crippen LogP contribution in [0.1, 0.15) is 20.3 Å². The summed E-state index contributed by atoms with van der Waals surface area (Å²) in [7, 11) is 0. The van der Waals surface area contributed by atoms with Gasteiger partial charge < -0.3 is 10.4 Å². The molecule has 0 heterocycles. The van der Waals surface area contributed by atoms with Gasteiger partial charge in [0, 0.05) is 0 Å². The molecule has 0 rings (SSSR count). The summed E-state index contributed by atoms with van der Waals surface area (Å²) in [5.74, 6) is -1.74. The highest BCUT2D eigenvalue weighted by atomic mass is 35.5. The fourth-order valence-corrected chi connectivity index (χ4v) is 0.701. The number of hydrogen-bond donors (Lipinski definition) is 2. The third-order valence-corrected chi connectivity index (χ3v) is 1.96. The Balaban J connectivity index is 4.34. The van der Waals surface area contributed by atoms with Crippen molar-refractivity contribution in [3.8, 4) is 0 Å². The van der Waals surface area contributed by atoms with Gasteiger partial charge >= 0.3 is 5.97 Å². The second-order valence-electron chi connectivity index (χ2n) is 2.67. The quantitative estimate of drug-likeness (QED) is 0.643. The van der Waals surface area contributed by atoms with Crippen molar-refractivity contribution < 1.29 is 14.7 Å². The molecule has 1 atom stereocenters. The lowest BCUT2D eigenvalue weighted by Crippen LogP contribution is -2.52. The van der Waals surface area contributed by atoms with Gasteiger partial charge in [0.15, 0.2) is 0 Å². The van der Waals surface area contributed by atoms with Gasteiger partial charge in [0.2, 0.25) is 5.91 Å². The fourth-order valence-electron chi connectivity index (χ4n) is 0.634. The Morgan fingerprint density at radius 3 is 2.33 bits per heavy atom. The number of amides is 1. The monoisotopic (exact) mass is 193 g/mol. The molecule has 0 fully saturated rings. The van der Waals surface area contributed by atoms with Gasteiger partial charge in [-0.3, -0.25) is 4.79 Å². The first-order valence-electron chi connectivity index (χ1n) is 3.56. The molecule has 1 amide bonds. The number of carbonyl (C=O) groups excluding carboxylic acids is 1. The molecule has 0 aliphatic heterocycles. The Hall–Kier alpha value is -0.770. The summed E-state index contributed by atoms with van der Waals surface area (Å²) in [6, 6.07) is 0. The largest absolute Gasteiger partial charge is 0.480 e. The SMILES string of the molecule is CCC(C)(NC(=O)CCl)C(=O)O. The van der Waals surface area contributed by atoms with Crippen molar-refractivity contribution >= 4 is 23.5 Å². The molecule has 0 aromatic rings. The van der Waals surface area contributed by atoms with Gasteiger partial charge in [-0.05, 0) is 13.3 Å². The summed E-state index contributed by atoms with van der Waals surface area (Å²) in [4.78, 5) is 21.4. The summed E-state index contributed by atoms with van der Waals surface area (Å²) in [5, 5.41) is 11.0. The molecule has 1 unspecified atom stereocenters. The second-order valence-corrected chi connectivity index (χ2v) is 2.94. The van der Waals surface area contributed by atoms with E-state index < -0.39 is 17.4 Å². The molecule has 5 heteroatoms. The van der Waals surface area contributed by atoms with Crippen LogP contribution in [0, 0.1) is 0 Å². The van der Waals surface area contributed by atoms with Crippen molar-refractivity contribution in [2.24, 2.45) is 0 Å². The number of halogens is 1. The molecular weight excluding hydrogens is 182 g/mol. The summed E-state index contributed by atoms with van der Waals surface area (Å²) in [6.07, 6.45) is 0.324. The van der Waals surface area contributed by atoms with Crippen LogP contribution in [0.3, 0.4) is 0 Å². The number of aliphatic carboxylic acids is 1. The predicted molar refractivity (Wildman–Crippen MR) is 45.2 cm³/mol. The zero-order chi connectivity index (χ0) is 9.78. The number of alkyl halides is 1. The zero-order valence-electron chi connectivity index (χ0n) is 7.06. The van der Waals surface area contributed by atoms with E-state index in [0.717, 1.165) is 0 Å². The van der Waals surface area contributed by atoms with Gasteiger partial charge in [0.25, 0.3) is 0 Å². The van der Waals surface area contributed by atoms with Crippen molar-refractivity contribution in [1.29, 1.82) is 0 Å². The number of carboxylic acid groups (broad SMARTS) is 1. The van der Waals surface area contributed by atoms with E-state index >= 15 is 0 Å². The molecule has 0 spiro atoms. The van der Waals surface area contributed by atoms with E-state index in [4.69, 9.17) is 16.7 Å². The molecule has 0 aromatic heterocycles. The molecule has 0 radical (unpaired) electrons. The highest BCUT2D eigenvalue weighted by Crippen LogP contribution is 2.08. The maximum absolute atomic E-state index is 10.8. The summed E-state index contributed by atoms with van der Waals surface area (Å²) < 4.78 is 0. The summed E-state index contributed by atoms with van der Waals surface area (Å²) in [5.41, 5.74) is -1.20. The van der Waals surface area contributed by atoms with Crippen molar-refractivity contribution in [2.45, 2.75) is 25.8 Å². The van der Waals surface area contributed by atoms with Crippen LogP contribution in [-0.2, 0) is 9.59 Å². The number of hydrogen-bond acceptors (Lipinski definition) is 2. The van der Waals surface area contributed by atoms with Crippen LogP contribution in [0.15, 0.2) is 0 Å². The predicted octanol–water partition coefficient (Wildman–Crippen LogP) is 0.595. The Labute approximate surface area is 75.9 Å². The molecule has 12 heavy (non-hydrogen) atoms. The van der Waals surface area contributed by atoms with Crippen LogP contribution >= 0.6 is 11.6 Å². The Morgan fingerprint density at radius 1 is 1.58 bits per heavy atom. The number of carbonyl (C=O) groups is 2. The van der Waals surface area contributed by atoms with Gasteiger partial charge in [-0.1, -0.05) is 6.92 Å². The molecule has 0 aliphatic carbocycles. The van der Waals surface area contributed by atoms with Crippen molar-refractivity contribution in [3.63, 3.8) is 0 Å². The molecule has 0 bridgehead atoms. The third-order valence-electron chi connectivity index (χ3n) is 1.72. The molecule has 0 saturated heterocycles. The highest BCUT2D eigenvalue weighted by molar-refractivity contribution is 6.27. The Morgan fingerprint density at radius 2 is 2.08 bits per heavy atom. The molecular formula is C7H12ClNO3. The van der Waals surface area contributed by atoms with Gasteiger partial charge in [-0.15, -0.1) is 11.6 Å². The van der Waals surface area contributed by atoms with Crippen LogP contribution < -0.4 is 5.32 Å². The van der Waals surface area contributed by atoms with Gasteiger partial charge in [0.05, 0.1) is 0 Å². The maximum Gasteiger partial charge on any atom is 0.329 e. The lowest BCUT2D eigenvalue weighted by Gasteiger charge is -2.23. The maximum atomic E-state index is 10.8. The van der Waals surface area contributed by atoms with Crippen LogP contribution in [0.25, 0.3) is 0 Å². The van der Waals surface area contributed by atoms with E-state index in [-0.39, 0.29) is 5.88 Å². The molecule has 0 saturated carbocycles. The van der Waals surface area contributed by atoms with E-state index in [2.05, 4.69) is 5.32 Å². The first-order valence-corrected chi connectivity index (χ1v) is 4.10. The fraction of sp³-hybridized carbons (Fsp3) is 0.714. The molecule has 70 valence electrons. The first-order chi connectivity index (χ1) is 5.46. The van der Waals surface area contributed by atoms with E-state index in [9.17, 15) is 9.59 Å². The standard InChI is InChI=1S/C7H12ClNO3/c1-3-7(2,6(11)12)9-5(10)4-8/h3-4H2,1-2H3,(H,9,10)(H,11,12). The van der Waals surface area contributed by atoms with Crippen molar-refractivity contribution in [1.82, 2.24) is 5.32 Å². The van der Waals surface area contributed by atoms with E-state index in [1.165, 1.54) is 6.92 Å². The molecule has 0 aromatic carbocycles. The number of rotatable bonds is 4.